The van der Waals surface area contributed by atoms with Crippen LogP contribution in [-0.2, 0) is 4.79 Å². The average molecular weight is 309 g/mol. The van der Waals surface area contributed by atoms with Crippen LogP contribution in [0.4, 0.5) is 5.82 Å². The minimum Gasteiger partial charge on any atom is -0.493 e. The van der Waals surface area contributed by atoms with Crippen molar-refractivity contribution in [3.63, 3.8) is 0 Å². The van der Waals surface area contributed by atoms with Gasteiger partial charge in [0, 0.05) is 17.5 Å². The van der Waals surface area contributed by atoms with E-state index in [9.17, 15) is 4.79 Å². The van der Waals surface area contributed by atoms with Gasteiger partial charge in [-0.3, -0.25) is 4.79 Å². The van der Waals surface area contributed by atoms with Crippen molar-refractivity contribution < 1.29 is 14.1 Å². The number of hydrogen-bond donors (Lipinski definition) is 1. The molecule has 112 valence electrons. The minimum atomic E-state index is -0.111. The molecule has 0 aliphatic rings. The van der Waals surface area contributed by atoms with Gasteiger partial charge >= 0.3 is 0 Å². The lowest BCUT2D eigenvalue weighted by Gasteiger charge is -2.09. The highest BCUT2D eigenvalue weighted by Gasteiger charge is 2.06. The van der Waals surface area contributed by atoms with Gasteiger partial charge in [-0.15, -0.1) is 0 Å². The first-order chi connectivity index (χ1) is 10.0. The van der Waals surface area contributed by atoms with Gasteiger partial charge in [-0.25, -0.2) is 0 Å². The summed E-state index contributed by atoms with van der Waals surface area (Å²) in [5.74, 6) is 1.77. The molecule has 0 aliphatic carbocycles. The van der Waals surface area contributed by atoms with Crippen molar-refractivity contribution in [2.75, 3.05) is 11.9 Å². The summed E-state index contributed by atoms with van der Waals surface area (Å²) in [4.78, 5) is 11.7. The Morgan fingerprint density at radius 3 is 2.86 bits per heavy atom. The highest BCUT2D eigenvalue weighted by atomic mass is 35.5. The maximum Gasteiger partial charge on any atom is 0.225 e. The molecule has 1 heterocycles. The van der Waals surface area contributed by atoms with Gasteiger partial charge in [0.15, 0.2) is 5.82 Å². The van der Waals surface area contributed by atoms with Gasteiger partial charge in [-0.05, 0) is 44.0 Å². The summed E-state index contributed by atoms with van der Waals surface area (Å²) >= 11 is 5.88. The van der Waals surface area contributed by atoms with Gasteiger partial charge in [0.1, 0.15) is 11.5 Å². The van der Waals surface area contributed by atoms with Crippen molar-refractivity contribution >= 4 is 23.3 Å². The summed E-state index contributed by atoms with van der Waals surface area (Å²) in [5, 5.41) is 7.05. The number of ether oxygens (including phenoxy) is 1. The number of aryl methyl sites for hydroxylation is 2. The SMILES string of the molecule is Cc1cc(NC(=O)CCCOc2ccc(Cl)cc2C)no1. The van der Waals surface area contributed by atoms with Gasteiger partial charge in [0.05, 0.1) is 6.61 Å². The second-order valence-electron chi connectivity index (χ2n) is 4.73. The lowest BCUT2D eigenvalue weighted by Crippen LogP contribution is -2.13. The second-order valence-corrected chi connectivity index (χ2v) is 5.17. The molecular weight excluding hydrogens is 292 g/mol. The van der Waals surface area contributed by atoms with Crippen LogP contribution < -0.4 is 10.1 Å². The lowest BCUT2D eigenvalue weighted by atomic mass is 10.2. The Morgan fingerprint density at radius 1 is 1.38 bits per heavy atom. The van der Waals surface area contributed by atoms with Crippen molar-refractivity contribution in [2.24, 2.45) is 0 Å². The number of aromatic nitrogens is 1. The summed E-state index contributed by atoms with van der Waals surface area (Å²) in [6, 6.07) is 7.13. The molecule has 1 aromatic carbocycles. The van der Waals surface area contributed by atoms with E-state index in [0.29, 0.717) is 36.0 Å². The van der Waals surface area contributed by atoms with E-state index in [4.69, 9.17) is 20.9 Å². The molecule has 0 saturated carbocycles. The fraction of sp³-hybridized carbons (Fsp3) is 0.333. The van der Waals surface area contributed by atoms with E-state index >= 15 is 0 Å². The fourth-order valence-corrected chi connectivity index (χ4v) is 2.05. The summed E-state index contributed by atoms with van der Waals surface area (Å²) in [6.07, 6.45) is 0.975. The van der Waals surface area contributed by atoms with Crippen LogP contribution in [0, 0.1) is 13.8 Å². The number of benzene rings is 1. The molecule has 0 spiro atoms. The van der Waals surface area contributed by atoms with Crippen LogP contribution in [0.25, 0.3) is 0 Å². The Bertz CT molecular complexity index is 625. The predicted octanol–water partition coefficient (Wildman–Crippen LogP) is 3.74. The number of carbonyl (C=O) groups excluding carboxylic acids is 1. The van der Waals surface area contributed by atoms with Crippen molar-refractivity contribution in [3.8, 4) is 5.75 Å². The Hall–Kier alpha value is -2.01. The van der Waals surface area contributed by atoms with Crippen molar-refractivity contribution in [1.82, 2.24) is 5.16 Å². The van der Waals surface area contributed by atoms with E-state index in [2.05, 4.69) is 10.5 Å². The van der Waals surface area contributed by atoms with Crippen LogP contribution >= 0.6 is 11.6 Å². The van der Waals surface area contributed by atoms with E-state index in [1.165, 1.54) is 0 Å². The zero-order valence-electron chi connectivity index (χ0n) is 12.0. The maximum absolute atomic E-state index is 11.7. The van der Waals surface area contributed by atoms with E-state index in [1.54, 1.807) is 19.1 Å². The standard InChI is InChI=1S/C15H17ClN2O3/c1-10-8-12(16)5-6-13(10)20-7-3-4-15(19)17-14-9-11(2)21-18-14/h5-6,8-9H,3-4,7H2,1-2H3,(H,17,18,19). The Labute approximate surface area is 128 Å². The van der Waals surface area contributed by atoms with E-state index in [1.807, 2.05) is 19.1 Å². The number of carbonyl (C=O) groups is 1. The van der Waals surface area contributed by atoms with Crippen LogP contribution in [0.3, 0.4) is 0 Å². The molecule has 0 radical (unpaired) electrons. The molecule has 1 amide bonds. The third kappa shape index (κ3) is 4.79. The van der Waals surface area contributed by atoms with Crippen molar-refractivity contribution in [3.05, 3.63) is 40.6 Å². The first-order valence-corrected chi connectivity index (χ1v) is 7.04. The third-order valence-electron chi connectivity index (χ3n) is 2.84. The minimum absolute atomic E-state index is 0.111. The summed E-state index contributed by atoms with van der Waals surface area (Å²) in [6.45, 7) is 4.17. The maximum atomic E-state index is 11.7. The number of nitrogens with one attached hydrogen (secondary N) is 1. The zero-order chi connectivity index (χ0) is 15.2. The number of anilines is 1. The highest BCUT2D eigenvalue weighted by Crippen LogP contribution is 2.21. The smallest absolute Gasteiger partial charge is 0.225 e. The molecule has 0 bridgehead atoms. The number of hydrogen-bond acceptors (Lipinski definition) is 4. The first-order valence-electron chi connectivity index (χ1n) is 6.67. The van der Waals surface area contributed by atoms with E-state index in [0.717, 1.165) is 11.3 Å². The van der Waals surface area contributed by atoms with E-state index < -0.39 is 0 Å². The van der Waals surface area contributed by atoms with Crippen LogP contribution in [-0.4, -0.2) is 17.7 Å². The Balaban J connectivity index is 1.70. The van der Waals surface area contributed by atoms with Gasteiger partial charge in [-0.1, -0.05) is 16.8 Å². The zero-order valence-corrected chi connectivity index (χ0v) is 12.7. The molecule has 1 aromatic heterocycles. The summed E-state index contributed by atoms with van der Waals surface area (Å²) < 4.78 is 10.5. The summed E-state index contributed by atoms with van der Waals surface area (Å²) in [5.41, 5.74) is 0.977. The highest BCUT2D eigenvalue weighted by molar-refractivity contribution is 6.30. The molecule has 0 saturated heterocycles. The van der Waals surface area contributed by atoms with Crippen LogP contribution in [0.1, 0.15) is 24.2 Å². The van der Waals surface area contributed by atoms with Gasteiger partial charge in [-0.2, -0.15) is 0 Å². The molecule has 1 N–H and O–H groups in total. The van der Waals surface area contributed by atoms with E-state index in [-0.39, 0.29) is 5.91 Å². The van der Waals surface area contributed by atoms with Gasteiger partial charge in [0.25, 0.3) is 0 Å². The molecule has 0 atom stereocenters. The monoisotopic (exact) mass is 308 g/mol. The molecule has 21 heavy (non-hydrogen) atoms. The molecule has 2 aromatic rings. The number of amides is 1. The van der Waals surface area contributed by atoms with Gasteiger partial charge in [0.2, 0.25) is 5.91 Å². The van der Waals surface area contributed by atoms with Crippen LogP contribution in [0.2, 0.25) is 5.02 Å². The molecular formula is C15H17ClN2O3. The Morgan fingerprint density at radius 2 is 2.19 bits per heavy atom. The second kappa shape index (κ2) is 7.13. The number of nitrogens with zero attached hydrogens (tertiary/aromatic N) is 1. The molecule has 6 heteroatoms. The van der Waals surface area contributed by atoms with Crippen LogP contribution in [0.5, 0.6) is 5.75 Å². The van der Waals surface area contributed by atoms with Crippen molar-refractivity contribution in [1.29, 1.82) is 0 Å². The third-order valence-corrected chi connectivity index (χ3v) is 3.07. The molecule has 5 nitrogen and oxygen atoms in total. The molecule has 2 rings (SSSR count). The Kier molecular flexibility index (Phi) is 5.22. The quantitative estimate of drug-likeness (QED) is 0.826. The number of rotatable bonds is 6. The fourth-order valence-electron chi connectivity index (χ4n) is 1.82. The topological polar surface area (TPSA) is 64.4 Å². The van der Waals surface area contributed by atoms with Crippen LogP contribution in [0.15, 0.2) is 28.8 Å². The average Bonchev–Trinajstić information content (AvgIpc) is 2.82. The predicted molar refractivity (Wildman–Crippen MR) is 80.8 cm³/mol. The lowest BCUT2D eigenvalue weighted by molar-refractivity contribution is -0.116. The molecule has 0 aliphatic heterocycles. The molecule has 0 unspecified atom stereocenters. The van der Waals surface area contributed by atoms with Crippen molar-refractivity contribution in [2.45, 2.75) is 26.7 Å². The summed E-state index contributed by atoms with van der Waals surface area (Å²) in [7, 11) is 0. The largest absolute Gasteiger partial charge is 0.493 e. The molecule has 0 fully saturated rings. The van der Waals surface area contributed by atoms with Gasteiger partial charge < -0.3 is 14.6 Å². The first kappa shape index (κ1) is 15.4. The number of halogens is 1. The normalized spacial score (nSPS) is 10.4.